The van der Waals surface area contributed by atoms with Gasteiger partial charge < -0.3 is 11.1 Å². The number of carbonyl (C=O) groups is 1. The number of amides is 1. The molecule has 1 aromatic rings. The van der Waals surface area contributed by atoms with Crippen LogP contribution >= 0.6 is 0 Å². The molecule has 0 bridgehead atoms. The van der Waals surface area contributed by atoms with Crippen LogP contribution in [0.4, 0.5) is 0 Å². The lowest BCUT2D eigenvalue weighted by molar-refractivity contribution is -0.114. The van der Waals surface area contributed by atoms with Gasteiger partial charge >= 0.3 is 0 Å². The van der Waals surface area contributed by atoms with Gasteiger partial charge in [-0.05, 0) is 51.0 Å². The molecule has 7 heteroatoms. The summed E-state index contributed by atoms with van der Waals surface area (Å²) in [6.07, 6.45) is 10.5. The Morgan fingerprint density at radius 2 is 1.97 bits per heavy atom. The first-order valence-corrected chi connectivity index (χ1v) is 11.1. The lowest BCUT2D eigenvalue weighted by atomic mass is 10.1. The van der Waals surface area contributed by atoms with Gasteiger partial charge in [0.15, 0.2) is 0 Å². The van der Waals surface area contributed by atoms with Crippen molar-refractivity contribution in [2.75, 3.05) is 6.54 Å². The molecule has 0 fully saturated rings. The Bertz CT molecular complexity index is 940. The predicted molar refractivity (Wildman–Crippen MR) is 124 cm³/mol. The van der Waals surface area contributed by atoms with Gasteiger partial charge in [0.05, 0.1) is 10.9 Å². The van der Waals surface area contributed by atoms with Crippen molar-refractivity contribution in [3.05, 3.63) is 77.1 Å². The molecule has 2 atom stereocenters. The molecule has 0 saturated heterocycles. The van der Waals surface area contributed by atoms with Crippen molar-refractivity contribution in [2.24, 2.45) is 10.7 Å². The van der Waals surface area contributed by atoms with Crippen LogP contribution in [0, 0.1) is 0 Å². The summed E-state index contributed by atoms with van der Waals surface area (Å²) in [6, 6.07) is 7.31. The third-order valence-electron chi connectivity index (χ3n) is 4.63. The van der Waals surface area contributed by atoms with Crippen molar-refractivity contribution >= 4 is 22.7 Å². The predicted octanol–water partition coefficient (Wildman–Crippen LogP) is 3.27. The summed E-state index contributed by atoms with van der Waals surface area (Å²) in [5.74, 6) is 0.234. The highest BCUT2D eigenvalue weighted by molar-refractivity contribution is 7.83. The first kappa shape index (κ1) is 23.5. The fourth-order valence-electron chi connectivity index (χ4n) is 2.80. The van der Waals surface area contributed by atoms with Gasteiger partial charge in [-0.15, -0.1) is 0 Å². The standard InChI is InChI=1S/C23H30N4O2S/c1-5-8-9-17(6-2)15-25-30(29)20-12-10-19(11-13-20)23-26-16(4)21(27-23)14-18(7-3)22(24)28/h6-14,16,25H,5,15H2,1-4H3,(H2,24,28)(H,26,27)/b9-8-,17-6+,18-7+,21-14+. The summed E-state index contributed by atoms with van der Waals surface area (Å²) in [4.78, 5) is 16.8. The fraction of sp³-hybridized carbons (Fsp3) is 0.304. The zero-order chi connectivity index (χ0) is 22.1. The molecule has 1 aromatic carbocycles. The molecule has 6 nitrogen and oxygen atoms in total. The maximum atomic E-state index is 12.5. The summed E-state index contributed by atoms with van der Waals surface area (Å²) in [5, 5.41) is 3.25. The molecule has 1 amide bonds. The first-order valence-electron chi connectivity index (χ1n) is 9.99. The van der Waals surface area contributed by atoms with Crippen molar-refractivity contribution < 1.29 is 9.00 Å². The number of hydrogen-bond acceptors (Lipinski definition) is 4. The minimum absolute atomic E-state index is 0.111. The van der Waals surface area contributed by atoms with Crippen LogP contribution in [0.25, 0.3) is 0 Å². The average Bonchev–Trinajstić information content (AvgIpc) is 3.12. The van der Waals surface area contributed by atoms with E-state index in [0.717, 1.165) is 23.3 Å². The Hall–Kier alpha value is -2.77. The van der Waals surface area contributed by atoms with Gasteiger partial charge in [0.2, 0.25) is 5.91 Å². The zero-order valence-corrected chi connectivity index (χ0v) is 18.8. The quantitative estimate of drug-likeness (QED) is 0.418. The first-order chi connectivity index (χ1) is 14.4. The molecule has 0 radical (unpaired) electrons. The second-order valence-corrected chi connectivity index (χ2v) is 8.07. The van der Waals surface area contributed by atoms with Crippen LogP contribution in [0.15, 0.2) is 81.4 Å². The molecule has 0 saturated carbocycles. The van der Waals surface area contributed by atoms with E-state index >= 15 is 0 Å². The fourth-order valence-corrected chi connectivity index (χ4v) is 3.65. The van der Waals surface area contributed by atoms with Gasteiger partial charge in [0, 0.05) is 23.4 Å². The number of aliphatic imine (C=N–C) groups is 1. The van der Waals surface area contributed by atoms with Gasteiger partial charge in [-0.1, -0.05) is 43.4 Å². The molecule has 1 heterocycles. The molecule has 160 valence electrons. The molecular weight excluding hydrogens is 396 g/mol. The monoisotopic (exact) mass is 426 g/mol. The highest BCUT2D eigenvalue weighted by Crippen LogP contribution is 2.18. The number of allylic oxidation sites excluding steroid dienone is 3. The van der Waals surface area contributed by atoms with Crippen molar-refractivity contribution in [3.8, 4) is 0 Å². The van der Waals surface area contributed by atoms with Gasteiger partial charge in [-0.3, -0.25) is 9.79 Å². The van der Waals surface area contributed by atoms with E-state index in [0.29, 0.717) is 22.8 Å². The SMILES string of the molecule is C/C=C(\C=C/CC)CNS(=O)c1ccc(C2=NC(C)/C(=C\C(=C/C)C(N)=O)N2)cc1. The number of nitrogens with two attached hydrogens (primary N) is 1. The molecular formula is C23H30N4O2S. The number of carbonyl (C=O) groups excluding carboxylic acids is 1. The lowest BCUT2D eigenvalue weighted by Crippen LogP contribution is -2.22. The molecule has 30 heavy (non-hydrogen) atoms. The van der Waals surface area contributed by atoms with E-state index in [4.69, 9.17) is 5.73 Å². The van der Waals surface area contributed by atoms with E-state index in [1.54, 1.807) is 19.1 Å². The van der Waals surface area contributed by atoms with Crippen LogP contribution in [0.3, 0.4) is 0 Å². The minimum atomic E-state index is -1.30. The lowest BCUT2D eigenvalue weighted by Gasteiger charge is -2.08. The van der Waals surface area contributed by atoms with Crippen LogP contribution in [0.2, 0.25) is 0 Å². The molecule has 0 aliphatic carbocycles. The number of amidine groups is 1. The Labute approximate surface area is 181 Å². The highest BCUT2D eigenvalue weighted by atomic mass is 32.2. The number of primary amides is 1. The number of nitrogens with one attached hydrogen (secondary N) is 2. The molecule has 1 aliphatic rings. The van der Waals surface area contributed by atoms with Gasteiger partial charge in [-0.25, -0.2) is 8.93 Å². The molecule has 1 aliphatic heterocycles. The van der Waals surface area contributed by atoms with E-state index in [9.17, 15) is 9.00 Å². The summed E-state index contributed by atoms with van der Waals surface area (Å²) in [7, 11) is -1.30. The maximum absolute atomic E-state index is 12.5. The van der Waals surface area contributed by atoms with Crippen molar-refractivity contribution in [1.82, 2.24) is 10.0 Å². The average molecular weight is 427 g/mol. The van der Waals surface area contributed by atoms with Gasteiger partial charge in [0.1, 0.15) is 16.8 Å². The second-order valence-electron chi connectivity index (χ2n) is 6.78. The number of benzene rings is 1. The van der Waals surface area contributed by atoms with E-state index in [-0.39, 0.29) is 6.04 Å². The van der Waals surface area contributed by atoms with Gasteiger partial charge in [0.25, 0.3) is 0 Å². The second kappa shape index (κ2) is 11.4. The van der Waals surface area contributed by atoms with Gasteiger partial charge in [-0.2, -0.15) is 0 Å². The van der Waals surface area contributed by atoms with Crippen molar-refractivity contribution in [2.45, 2.75) is 45.1 Å². The molecule has 2 rings (SSSR count). The van der Waals surface area contributed by atoms with E-state index in [2.05, 4.69) is 28.0 Å². The van der Waals surface area contributed by atoms with Crippen LogP contribution < -0.4 is 15.8 Å². The van der Waals surface area contributed by atoms with Crippen LogP contribution in [0.1, 0.15) is 39.7 Å². The number of nitrogens with zero attached hydrogens (tertiary/aromatic N) is 1. The molecule has 0 spiro atoms. The molecule has 2 unspecified atom stereocenters. The summed E-state index contributed by atoms with van der Waals surface area (Å²) < 4.78 is 15.6. The van der Waals surface area contributed by atoms with Crippen molar-refractivity contribution in [3.63, 3.8) is 0 Å². The summed E-state index contributed by atoms with van der Waals surface area (Å²) in [5.41, 5.74) is 8.60. The largest absolute Gasteiger partial charge is 0.366 e. The zero-order valence-electron chi connectivity index (χ0n) is 17.9. The third kappa shape index (κ3) is 6.37. The third-order valence-corrected chi connectivity index (χ3v) is 5.74. The maximum Gasteiger partial charge on any atom is 0.248 e. The van der Waals surface area contributed by atoms with E-state index in [1.807, 2.05) is 50.3 Å². The van der Waals surface area contributed by atoms with Crippen LogP contribution in [-0.4, -0.2) is 28.5 Å². The van der Waals surface area contributed by atoms with E-state index in [1.165, 1.54) is 0 Å². The minimum Gasteiger partial charge on any atom is -0.366 e. The smallest absolute Gasteiger partial charge is 0.248 e. The van der Waals surface area contributed by atoms with Crippen LogP contribution in [-0.2, 0) is 15.8 Å². The summed E-state index contributed by atoms with van der Waals surface area (Å²) in [6.45, 7) is 8.30. The Morgan fingerprint density at radius 3 is 2.53 bits per heavy atom. The Balaban J connectivity index is 2.05. The van der Waals surface area contributed by atoms with Crippen LogP contribution in [0.5, 0.6) is 0 Å². The molecule has 0 aromatic heterocycles. The Kier molecular flexibility index (Phi) is 8.95. The molecule has 4 N–H and O–H groups in total. The number of rotatable bonds is 9. The Morgan fingerprint density at radius 1 is 1.27 bits per heavy atom. The van der Waals surface area contributed by atoms with E-state index < -0.39 is 16.9 Å². The summed E-state index contributed by atoms with van der Waals surface area (Å²) >= 11 is 0. The topological polar surface area (TPSA) is 96.6 Å². The highest BCUT2D eigenvalue weighted by Gasteiger charge is 2.20. The number of hydrogen-bond donors (Lipinski definition) is 3. The van der Waals surface area contributed by atoms with Crippen molar-refractivity contribution in [1.29, 1.82) is 0 Å². The normalized spacial score (nSPS) is 19.8.